The number of carbonyl (C=O) groups is 1. The fraction of sp³-hybridized carbons (Fsp3) is 0.562. The molecule has 1 saturated heterocycles. The predicted octanol–water partition coefficient (Wildman–Crippen LogP) is 3.01. The smallest absolute Gasteiger partial charge is 0.336 e. The van der Waals surface area contributed by atoms with Crippen LogP contribution in [0.5, 0.6) is 0 Å². The van der Waals surface area contributed by atoms with Crippen LogP contribution in [0.1, 0.15) is 18.9 Å². The highest BCUT2D eigenvalue weighted by Crippen LogP contribution is 2.26. The highest BCUT2D eigenvalue weighted by atomic mass is 19.4. The zero-order valence-corrected chi connectivity index (χ0v) is 12.9. The summed E-state index contributed by atoms with van der Waals surface area (Å²) in [5.41, 5.74) is 1.10. The Hall–Kier alpha value is -1.63. The van der Waals surface area contributed by atoms with Crippen LogP contribution in [0.25, 0.3) is 0 Å². The zero-order valence-electron chi connectivity index (χ0n) is 12.9. The molecule has 0 aromatic heterocycles. The molecule has 7 heteroatoms. The van der Waals surface area contributed by atoms with Gasteiger partial charge in [0.05, 0.1) is 0 Å². The van der Waals surface area contributed by atoms with E-state index in [1.54, 1.807) is 6.92 Å². The van der Waals surface area contributed by atoms with Gasteiger partial charge in [0.2, 0.25) is 0 Å². The lowest BCUT2D eigenvalue weighted by Crippen LogP contribution is -2.48. The van der Waals surface area contributed by atoms with E-state index >= 15 is 0 Å². The first-order chi connectivity index (χ1) is 10.8. The third kappa shape index (κ3) is 4.67. The molecule has 0 aliphatic carbocycles. The summed E-state index contributed by atoms with van der Waals surface area (Å²) < 4.78 is 50.6. The van der Waals surface area contributed by atoms with Gasteiger partial charge in [-0.15, -0.1) is 0 Å². The number of hydrogen-bond donors (Lipinski definition) is 0. The molecule has 2 unspecified atom stereocenters. The number of rotatable bonds is 3. The van der Waals surface area contributed by atoms with E-state index in [0.717, 1.165) is 10.5 Å². The summed E-state index contributed by atoms with van der Waals surface area (Å²) in [5, 5.41) is 0. The Morgan fingerprint density at radius 1 is 1.22 bits per heavy atom. The Morgan fingerprint density at radius 2 is 1.87 bits per heavy atom. The average molecular weight is 332 g/mol. The lowest BCUT2D eigenvalue weighted by atomic mass is 10.2. The van der Waals surface area contributed by atoms with Crippen LogP contribution in [0.3, 0.4) is 0 Å². The van der Waals surface area contributed by atoms with Crippen LogP contribution in [0.2, 0.25) is 0 Å². The average Bonchev–Trinajstić information content (AvgIpc) is 2.68. The van der Waals surface area contributed by atoms with Gasteiger partial charge in [0.1, 0.15) is 0 Å². The molecular formula is C16H20F4N2O. The van der Waals surface area contributed by atoms with Crippen LogP contribution in [0.15, 0.2) is 30.3 Å². The first-order valence-electron chi connectivity index (χ1n) is 7.56. The molecular weight excluding hydrogens is 312 g/mol. The normalized spacial score (nSPS) is 21.8. The van der Waals surface area contributed by atoms with Gasteiger partial charge in [-0.3, -0.25) is 9.69 Å². The number of halogens is 4. The summed E-state index contributed by atoms with van der Waals surface area (Å²) in [7, 11) is 0. The molecule has 1 amide bonds. The molecule has 0 radical (unpaired) electrons. The molecule has 1 heterocycles. The molecule has 1 fully saturated rings. The Morgan fingerprint density at radius 3 is 2.48 bits per heavy atom. The van der Waals surface area contributed by atoms with Crippen LogP contribution in [-0.2, 0) is 11.3 Å². The SMILES string of the molecule is CC1CCN(Cc2ccccc2)CCN1C(=O)C(F)C(F)(F)F. The first-order valence-corrected chi connectivity index (χ1v) is 7.56. The molecule has 2 atom stereocenters. The van der Waals surface area contributed by atoms with Crippen molar-refractivity contribution in [3.63, 3.8) is 0 Å². The summed E-state index contributed by atoms with van der Waals surface area (Å²) in [6.07, 6.45) is -8.07. The molecule has 0 saturated carbocycles. The zero-order chi connectivity index (χ0) is 17.0. The topological polar surface area (TPSA) is 23.6 Å². The van der Waals surface area contributed by atoms with Crippen molar-refractivity contribution in [1.29, 1.82) is 0 Å². The number of carbonyl (C=O) groups excluding carboxylic acids is 1. The molecule has 2 rings (SSSR count). The van der Waals surface area contributed by atoms with E-state index < -0.39 is 24.3 Å². The van der Waals surface area contributed by atoms with E-state index in [0.29, 0.717) is 26.1 Å². The summed E-state index contributed by atoms with van der Waals surface area (Å²) in [5.74, 6) is -1.48. The van der Waals surface area contributed by atoms with Crippen molar-refractivity contribution in [1.82, 2.24) is 9.80 Å². The minimum atomic E-state index is -5.15. The molecule has 0 N–H and O–H groups in total. The minimum absolute atomic E-state index is 0.101. The highest BCUT2D eigenvalue weighted by Gasteiger charge is 2.48. The second-order valence-corrected chi connectivity index (χ2v) is 5.84. The van der Waals surface area contributed by atoms with Gasteiger partial charge in [0, 0.05) is 32.2 Å². The summed E-state index contributed by atoms with van der Waals surface area (Å²) in [4.78, 5) is 14.9. The third-order valence-corrected chi connectivity index (χ3v) is 4.09. The van der Waals surface area contributed by atoms with Crippen molar-refractivity contribution in [2.45, 2.75) is 38.3 Å². The lowest BCUT2D eigenvalue weighted by molar-refractivity contribution is -0.194. The van der Waals surface area contributed by atoms with Gasteiger partial charge in [-0.25, -0.2) is 4.39 Å². The van der Waals surface area contributed by atoms with Crippen molar-refractivity contribution in [3.8, 4) is 0 Å². The third-order valence-electron chi connectivity index (χ3n) is 4.09. The molecule has 0 spiro atoms. The van der Waals surface area contributed by atoms with Gasteiger partial charge in [-0.1, -0.05) is 30.3 Å². The maximum Gasteiger partial charge on any atom is 0.428 e. The molecule has 23 heavy (non-hydrogen) atoms. The second kappa shape index (κ2) is 7.29. The van der Waals surface area contributed by atoms with E-state index in [-0.39, 0.29) is 6.54 Å². The van der Waals surface area contributed by atoms with E-state index in [9.17, 15) is 22.4 Å². The van der Waals surface area contributed by atoms with E-state index in [4.69, 9.17) is 0 Å². The number of amides is 1. The predicted molar refractivity (Wildman–Crippen MR) is 78.5 cm³/mol. The summed E-state index contributed by atoms with van der Waals surface area (Å²) in [6.45, 7) is 3.50. The Balaban J connectivity index is 1.99. The van der Waals surface area contributed by atoms with E-state index in [2.05, 4.69) is 4.90 Å². The molecule has 1 aliphatic heterocycles. The van der Waals surface area contributed by atoms with Crippen LogP contribution >= 0.6 is 0 Å². The highest BCUT2D eigenvalue weighted by molar-refractivity contribution is 5.82. The molecule has 128 valence electrons. The van der Waals surface area contributed by atoms with Crippen molar-refractivity contribution in [2.24, 2.45) is 0 Å². The molecule has 1 aromatic carbocycles. The van der Waals surface area contributed by atoms with Crippen molar-refractivity contribution >= 4 is 5.91 Å². The van der Waals surface area contributed by atoms with Crippen molar-refractivity contribution < 1.29 is 22.4 Å². The first kappa shape index (κ1) is 17.7. The number of alkyl halides is 4. The van der Waals surface area contributed by atoms with Gasteiger partial charge < -0.3 is 4.90 Å². The van der Waals surface area contributed by atoms with Crippen LogP contribution in [0.4, 0.5) is 17.6 Å². The molecule has 3 nitrogen and oxygen atoms in total. The van der Waals surface area contributed by atoms with Gasteiger partial charge >= 0.3 is 6.18 Å². The van der Waals surface area contributed by atoms with E-state index in [1.165, 1.54) is 0 Å². The van der Waals surface area contributed by atoms with E-state index in [1.807, 2.05) is 30.3 Å². The Labute approximate surface area is 132 Å². The summed E-state index contributed by atoms with van der Waals surface area (Å²) >= 11 is 0. The van der Waals surface area contributed by atoms with Crippen molar-refractivity contribution in [2.75, 3.05) is 19.6 Å². The van der Waals surface area contributed by atoms with Gasteiger partial charge in [-0.05, 0) is 18.9 Å². The maximum absolute atomic E-state index is 13.3. The van der Waals surface area contributed by atoms with Gasteiger partial charge in [0.25, 0.3) is 12.1 Å². The largest absolute Gasteiger partial charge is 0.428 e. The lowest BCUT2D eigenvalue weighted by Gasteiger charge is -2.28. The minimum Gasteiger partial charge on any atom is -0.336 e. The maximum atomic E-state index is 13.3. The van der Waals surface area contributed by atoms with Crippen LogP contribution < -0.4 is 0 Å². The van der Waals surface area contributed by atoms with Crippen LogP contribution in [-0.4, -0.2) is 53.7 Å². The Kier molecular flexibility index (Phi) is 5.62. The standard InChI is InChI=1S/C16H20F4N2O/c1-12-7-8-21(11-13-5-3-2-4-6-13)9-10-22(12)15(23)14(17)16(18,19)20/h2-6,12,14H,7-11H2,1H3. The Bertz CT molecular complexity index is 521. The quantitative estimate of drug-likeness (QED) is 0.795. The molecule has 0 bridgehead atoms. The van der Waals surface area contributed by atoms with Gasteiger partial charge in [-0.2, -0.15) is 13.2 Å². The number of nitrogens with zero attached hydrogens (tertiary/aromatic N) is 2. The number of hydrogen-bond acceptors (Lipinski definition) is 2. The van der Waals surface area contributed by atoms with Crippen LogP contribution in [0, 0.1) is 0 Å². The number of benzene rings is 1. The second-order valence-electron chi connectivity index (χ2n) is 5.84. The summed E-state index contributed by atoms with van der Waals surface area (Å²) in [6, 6.07) is 9.28. The fourth-order valence-corrected chi connectivity index (χ4v) is 2.72. The van der Waals surface area contributed by atoms with Crippen molar-refractivity contribution in [3.05, 3.63) is 35.9 Å². The fourth-order valence-electron chi connectivity index (χ4n) is 2.72. The molecule has 1 aromatic rings. The van der Waals surface area contributed by atoms with Gasteiger partial charge in [0.15, 0.2) is 0 Å². The monoisotopic (exact) mass is 332 g/mol. The molecule has 1 aliphatic rings.